The highest BCUT2D eigenvalue weighted by atomic mass is 19.1. The monoisotopic (exact) mass is 277 g/mol. The molecule has 0 radical (unpaired) electrons. The number of hydrogen-bond donors (Lipinski definition) is 1. The maximum atomic E-state index is 13.7. The van der Waals surface area contributed by atoms with Crippen molar-refractivity contribution in [3.05, 3.63) is 53.1 Å². The van der Waals surface area contributed by atoms with Crippen LogP contribution in [0.1, 0.15) is 21.5 Å². The Morgan fingerprint density at radius 1 is 1.40 bits per heavy atom. The predicted molar refractivity (Wildman–Crippen MR) is 71.5 cm³/mol. The van der Waals surface area contributed by atoms with E-state index in [0.29, 0.717) is 13.1 Å². The summed E-state index contributed by atoms with van der Waals surface area (Å²) < 4.78 is 19.9. The highest BCUT2D eigenvalue weighted by molar-refractivity contribution is 5.89. The number of nitrogens with one attached hydrogen (secondary N) is 1. The van der Waals surface area contributed by atoms with E-state index in [-0.39, 0.29) is 5.56 Å². The molecule has 0 spiro atoms. The summed E-state index contributed by atoms with van der Waals surface area (Å²) in [4.78, 5) is 11.3. The molecule has 2 aromatic rings. The standard InChI is InChI=1S/C14H16FN3O2/c1-18-9-11(8-17-18)7-16-6-10-3-4-12(13(15)5-10)14(19)20-2/h3-5,8-9,16H,6-7H2,1-2H3. The van der Waals surface area contributed by atoms with Crippen molar-refractivity contribution in [1.29, 1.82) is 0 Å². The van der Waals surface area contributed by atoms with Gasteiger partial charge in [-0.2, -0.15) is 5.10 Å². The summed E-state index contributed by atoms with van der Waals surface area (Å²) in [7, 11) is 3.08. The minimum atomic E-state index is -0.669. The predicted octanol–water partition coefficient (Wildman–Crippen LogP) is 1.64. The molecule has 106 valence electrons. The molecule has 5 nitrogen and oxygen atoms in total. The van der Waals surface area contributed by atoms with E-state index in [1.807, 2.05) is 13.2 Å². The van der Waals surface area contributed by atoms with Gasteiger partial charge in [0.25, 0.3) is 0 Å². The number of carbonyl (C=O) groups is 1. The Morgan fingerprint density at radius 2 is 2.15 bits per heavy atom. The van der Waals surface area contributed by atoms with Crippen LogP contribution in [0.25, 0.3) is 0 Å². The van der Waals surface area contributed by atoms with Crippen molar-refractivity contribution in [3.63, 3.8) is 0 Å². The molecule has 0 unspecified atom stereocenters. The van der Waals surface area contributed by atoms with Gasteiger partial charge in [0.15, 0.2) is 0 Å². The molecule has 1 heterocycles. The van der Waals surface area contributed by atoms with E-state index in [1.165, 1.54) is 19.2 Å². The fraction of sp³-hybridized carbons (Fsp3) is 0.286. The number of ether oxygens (including phenoxy) is 1. The summed E-state index contributed by atoms with van der Waals surface area (Å²) in [5, 5.41) is 7.25. The molecule has 0 fully saturated rings. The fourth-order valence-electron chi connectivity index (χ4n) is 1.86. The van der Waals surface area contributed by atoms with Crippen LogP contribution in [0.5, 0.6) is 0 Å². The van der Waals surface area contributed by atoms with Gasteiger partial charge in [0.1, 0.15) is 5.82 Å². The molecule has 1 N–H and O–H groups in total. The quantitative estimate of drug-likeness (QED) is 0.844. The molecule has 0 amide bonds. The van der Waals surface area contributed by atoms with Gasteiger partial charge in [-0.25, -0.2) is 9.18 Å². The van der Waals surface area contributed by atoms with Gasteiger partial charge < -0.3 is 10.1 Å². The second kappa shape index (κ2) is 6.29. The second-order valence-corrected chi connectivity index (χ2v) is 4.43. The number of nitrogens with zero attached hydrogens (tertiary/aromatic N) is 2. The van der Waals surface area contributed by atoms with Gasteiger partial charge in [-0.1, -0.05) is 6.07 Å². The number of carbonyl (C=O) groups excluding carboxylic acids is 1. The zero-order valence-electron chi connectivity index (χ0n) is 11.4. The van der Waals surface area contributed by atoms with Crippen molar-refractivity contribution in [2.45, 2.75) is 13.1 Å². The first kappa shape index (κ1) is 14.2. The number of benzene rings is 1. The molecule has 0 aliphatic carbocycles. The molecule has 20 heavy (non-hydrogen) atoms. The Balaban J connectivity index is 1.93. The van der Waals surface area contributed by atoms with Crippen molar-refractivity contribution in [3.8, 4) is 0 Å². The van der Waals surface area contributed by atoms with Crippen LogP contribution < -0.4 is 5.32 Å². The van der Waals surface area contributed by atoms with Crippen molar-refractivity contribution in [2.75, 3.05) is 7.11 Å². The maximum Gasteiger partial charge on any atom is 0.340 e. The van der Waals surface area contributed by atoms with Crippen molar-refractivity contribution < 1.29 is 13.9 Å². The lowest BCUT2D eigenvalue weighted by Gasteiger charge is -2.06. The number of rotatable bonds is 5. The van der Waals surface area contributed by atoms with Gasteiger partial charge >= 0.3 is 5.97 Å². The first-order valence-corrected chi connectivity index (χ1v) is 6.15. The van der Waals surface area contributed by atoms with Gasteiger partial charge in [-0.15, -0.1) is 0 Å². The molecule has 1 aromatic carbocycles. The van der Waals surface area contributed by atoms with Crippen LogP contribution in [-0.2, 0) is 24.9 Å². The minimum Gasteiger partial charge on any atom is -0.465 e. The third-order valence-electron chi connectivity index (χ3n) is 2.86. The topological polar surface area (TPSA) is 56.1 Å². The molecule has 6 heteroatoms. The molecule has 1 aromatic heterocycles. The molecule has 0 saturated heterocycles. The number of hydrogen-bond acceptors (Lipinski definition) is 4. The third-order valence-corrected chi connectivity index (χ3v) is 2.86. The number of methoxy groups -OCH3 is 1. The summed E-state index contributed by atoms with van der Waals surface area (Å²) in [6.07, 6.45) is 3.68. The van der Waals surface area contributed by atoms with Gasteiger partial charge in [-0.3, -0.25) is 4.68 Å². The Labute approximate surface area is 116 Å². The van der Waals surface area contributed by atoms with Crippen LogP contribution in [0.4, 0.5) is 4.39 Å². The highest BCUT2D eigenvalue weighted by Crippen LogP contribution is 2.11. The van der Waals surface area contributed by atoms with Gasteiger partial charge in [0.05, 0.1) is 18.9 Å². The van der Waals surface area contributed by atoms with E-state index < -0.39 is 11.8 Å². The van der Waals surface area contributed by atoms with Gasteiger partial charge in [0.2, 0.25) is 0 Å². The van der Waals surface area contributed by atoms with Crippen molar-refractivity contribution in [2.24, 2.45) is 7.05 Å². The molecule has 0 atom stereocenters. The van der Waals surface area contributed by atoms with E-state index in [4.69, 9.17) is 0 Å². The number of aromatic nitrogens is 2. The summed E-state index contributed by atoms with van der Waals surface area (Å²) in [5.41, 5.74) is 1.77. The van der Waals surface area contributed by atoms with E-state index in [1.54, 1.807) is 16.9 Å². The summed E-state index contributed by atoms with van der Waals surface area (Å²) in [6.45, 7) is 1.15. The SMILES string of the molecule is COC(=O)c1ccc(CNCc2cnn(C)c2)cc1F. The second-order valence-electron chi connectivity index (χ2n) is 4.43. The zero-order chi connectivity index (χ0) is 14.5. The Hall–Kier alpha value is -2.21. The molecule has 0 aliphatic heterocycles. The molecule has 2 rings (SSSR count). The van der Waals surface area contributed by atoms with Crippen molar-refractivity contribution >= 4 is 5.97 Å². The molecular weight excluding hydrogens is 261 g/mol. The lowest BCUT2D eigenvalue weighted by atomic mass is 10.1. The van der Waals surface area contributed by atoms with Crippen LogP contribution in [0.2, 0.25) is 0 Å². The Morgan fingerprint density at radius 3 is 2.75 bits per heavy atom. The lowest BCUT2D eigenvalue weighted by Crippen LogP contribution is -2.13. The molecule has 0 aliphatic rings. The average Bonchev–Trinajstić information content (AvgIpc) is 2.84. The maximum absolute atomic E-state index is 13.7. The number of halogens is 1. The lowest BCUT2D eigenvalue weighted by molar-refractivity contribution is 0.0595. The van der Waals surface area contributed by atoms with Crippen LogP contribution in [0, 0.1) is 5.82 Å². The largest absolute Gasteiger partial charge is 0.465 e. The Kier molecular flexibility index (Phi) is 4.47. The van der Waals surface area contributed by atoms with Crippen LogP contribution in [0.3, 0.4) is 0 Å². The summed E-state index contributed by atoms with van der Waals surface area (Å²) in [6, 6.07) is 4.47. The first-order chi connectivity index (χ1) is 9.60. The van der Waals surface area contributed by atoms with Gasteiger partial charge in [-0.05, 0) is 17.7 Å². The summed E-state index contributed by atoms with van der Waals surface area (Å²) in [5.74, 6) is -1.24. The normalized spacial score (nSPS) is 10.6. The number of esters is 1. The number of aryl methyl sites for hydroxylation is 1. The zero-order valence-corrected chi connectivity index (χ0v) is 11.4. The summed E-state index contributed by atoms with van der Waals surface area (Å²) >= 11 is 0. The van der Waals surface area contributed by atoms with E-state index in [2.05, 4.69) is 15.2 Å². The van der Waals surface area contributed by atoms with Crippen molar-refractivity contribution in [1.82, 2.24) is 15.1 Å². The highest BCUT2D eigenvalue weighted by Gasteiger charge is 2.12. The molecule has 0 saturated carbocycles. The van der Waals surface area contributed by atoms with Crippen LogP contribution >= 0.6 is 0 Å². The van der Waals surface area contributed by atoms with Gasteiger partial charge in [0, 0.05) is 31.9 Å². The first-order valence-electron chi connectivity index (χ1n) is 6.15. The van der Waals surface area contributed by atoms with E-state index in [9.17, 15) is 9.18 Å². The molecular formula is C14H16FN3O2. The average molecular weight is 277 g/mol. The minimum absolute atomic E-state index is 0.0523. The van der Waals surface area contributed by atoms with E-state index in [0.717, 1.165) is 11.1 Å². The smallest absolute Gasteiger partial charge is 0.340 e. The third kappa shape index (κ3) is 3.42. The van der Waals surface area contributed by atoms with Crippen LogP contribution in [-0.4, -0.2) is 22.9 Å². The van der Waals surface area contributed by atoms with Crippen LogP contribution in [0.15, 0.2) is 30.6 Å². The van der Waals surface area contributed by atoms with E-state index >= 15 is 0 Å². The molecule has 0 bridgehead atoms. The Bertz CT molecular complexity index is 610. The fourth-order valence-corrected chi connectivity index (χ4v) is 1.86.